The van der Waals surface area contributed by atoms with Gasteiger partial charge in [0.05, 0.1) is 6.17 Å². The second kappa shape index (κ2) is 6.40. The first kappa shape index (κ1) is 9.96. The summed E-state index contributed by atoms with van der Waals surface area (Å²) in [7, 11) is 0. The molecule has 1 heterocycles. The Morgan fingerprint density at radius 2 is 1.42 bits per heavy atom. The number of hydrogen-bond donors (Lipinski definition) is 3. The van der Waals surface area contributed by atoms with Crippen LogP contribution in [-0.4, -0.2) is 17.9 Å². The predicted molar refractivity (Wildman–Crippen MR) is 49.5 cm³/mol. The fraction of sp³-hybridized carbons (Fsp3) is 1.00. The minimum atomic E-state index is 0.357. The van der Waals surface area contributed by atoms with E-state index in [1.165, 1.54) is 38.5 Å². The van der Waals surface area contributed by atoms with E-state index in [-0.39, 0.29) is 0 Å². The Kier molecular flexibility index (Phi) is 5.32. The minimum absolute atomic E-state index is 0.357. The van der Waals surface area contributed by atoms with Crippen LogP contribution >= 0.6 is 0 Å². The zero-order chi connectivity index (χ0) is 8.65. The molecule has 0 aromatic heterocycles. The number of aliphatic hydroxyl groups excluding tert-OH is 1. The first-order chi connectivity index (χ1) is 5.93. The van der Waals surface area contributed by atoms with Crippen molar-refractivity contribution in [1.82, 2.24) is 10.9 Å². The smallest absolute Gasteiger partial charge is 0.0833 e. The van der Waals surface area contributed by atoms with Gasteiger partial charge in [-0.1, -0.05) is 32.1 Å². The maximum atomic E-state index is 8.53. The van der Waals surface area contributed by atoms with Crippen molar-refractivity contribution in [2.75, 3.05) is 6.61 Å². The second-order valence-electron chi connectivity index (χ2n) is 3.47. The molecule has 0 aromatic rings. The normalized spacial score (nSPS) is 16.8. The Morgan fingerprint density at radius 1 is 0.833 bits per heavy atom. The van der Waals surface area contributed by atoms with E-state index in [4.69, 9.17) is 5.11 Å². The summed E-state index contributed by atoms with van der Waals surface area (Å²) >= 11 is 0. The highest BCUT2D eigenvalue weighted by molar-refractivity contribution is 4.70. The summed E-state index contributed by atoms with van der Waals surface area (Å²) in [5.74, 6) is 0. The van der Waals surface area contributed by atoms with Crippen molar-refractivity contribution in [3.8, 4) is 0 Å². The Hall–Kier alpha value is -0.120. The van der Waals surface area contributed by atoms with Crippen LogP contribution in [0.15, 0.2) is 0 Å². The number of unbranched alkanes of at least 4 members (excludes halogenated alkanes) is 5. The van der Waals surface area contributed by atoms with Crippen LogP contribution in [0.4, 0.5) is 0 Å². The maximum Gasteiger partial charge on any atom is 0.0833 e. The second-order valence-corrected chi connectivity index (χ2v) is 3.47. The molecule has 0 atom stereocenters. The first-order valence-electron chi connectivity index (χ1n) is 5.05. The third-order valence-corrected chi connectivity index (χ3v) is 2.25. The van der Waals surface area contributed by atoms with Crippen molar-refractivity contribution in [3.05, 3.63) is 0 Å². The molecule has 0 saturated carbocycles. The van der Waals surface area contributed by atoms with Crippen molar-refractivity contribution in [2.45, 2.75) is 51.1 Å². The van der Waals surface area contributed by atoms with Crippen molar-refractivity contribution in [1.29, 1.82) is 0 Å². The van der Waals surface area contributed by atoms with Crippen LogP contribution in [0.2, 0.25) is 0 Å². The van der Waals surface area contributed by atoms with Crippen molar-refractivity contribution < 1.29 is 5.11 Å². The lowest BCUT2D eigenvalue weighted by Crippen LogP contribution is -1.91. The fourth-order valence-electron chi connectivity index (χ4n) is 1.37. The van der Waals surface area contributed by atoms with E-state index in [0.29, 0.717) is 12.8 Å². The zero-order valence-electron chi connectivity index (χ0n) is 7.68. The summed E-state index contributed by atoms with van der Waals surface area (Å²) in [6.07, 6.45) is 9.32. The molecule has 3 heteroatoms. The molecule has 1 rings (SSSR count). The van der Waals surface area contributed by atoms with Crippen LogP contribution in [0.1, 0.15) is 44.9 Å². The van der Waals surface area contributed by atoms with Gasteiger partial charge in [-0.25, -0.2) is 10.9 Å². The molecule has 1 aliphatic rings. The molecule has 1 saturated heterocycles. The monoisotopic (exact) mass is 172 g/mol. The third-order valence-electron chi connectivity index (χ3n) is 2.25. The van der Waals surface area contributed by atoms with Crippen LogP contribution in [-0.2, 0) is 0 Å². The molecule has 0 radical (unpaired) electrons. The minimum Gasteiger partial charge on any atom is -0.396 e. The summed E-state index contributed by atoms with van der Waals surface area (Å²) < 4.78 is 0. The lowest BCUT2D eigenvalue weighted by atomic mass is 10.1. The fourth-order valence-corrected chi connectivity index (χ4v) is 1.37. The molecule has 1 fully saturated rings. The summed E-state index contributed by atoms with van der Waals surface area (Å²) in [4.78, 5) is 0. The van der Waals surface area contributed by atoms with Crippen molar-refractivity contribution in [2.24, 2.45) is 0 Å². The lowest BCUT2D eigenvalue weighted by molar-refractivity contribution is 0.282. The Bertz CT molecular complexity index is 105. The quantitative estimate of drug-likeness (QED) is 0.380. The van der Waals surface area contributed by atoms with Gasteiger partial charge in [0.2, 0.25) is 0 Å². The standard InChI is InChI=1S/C9H20N2O/c12-8-6-4-2-1-3-5-7-9-10-11-9/h9-12H,1-8H2. The van der Waals surface area contributed by atoms with Gasteiger partial charge in [0.1, 0.15) is 0 Å². The van der Waals surface area contributed by atoms with Crippen LogP contribution < -0.4 is 10.9 Å². The van der Waals surface area contributed by atoms with Gasteiger partial charge in [0, 0.05) is 6.61 Å². The molecule has 0 spiro atoms. The Balaban J connectivity index is 1.65. The van der Waals surface area contributed by atoms with Gasteiger partial charge in [-0.05, 0) is 12.8 Å². The zero-order valence-corrected chi connectivity index (χ0v) is 7.68. The molecule has 12 heavy (non-hydrogen) atoms. The number of rotatable bonds is 8. The number of hydrogen-bond acceptors (Lipinski definition) is 3. The van der Waals surface area contributed by atoms with E-state index in [0.717, 1.165) is 6.42 Å². The van der Waals surface area contributed by atoms with Gasteiger partial charge in [0.25, 0.3) is 0 Å². The van der Waals surface area contributed by atoms with E-state index in [9.17, 15) is 0 Å². The van der Waals surface area contributed by atoms with Gasteiger partial charge >= 0.3 is 0 Å². The molecule has 3 nitrogen and oxygen atoms in total. The number of nitrogens with one attached hydrogen (secondary N) is 2. The molecular formula is C9H20N2O. The highest BCUT2D eigenvalue weighted by atomic mass is 16.2. The highest BCUT2D eigenvalue weighted by Crippen LogP contribution is 2.09. The summed E-state index contributed by atoms with van der Waals surface area (Å²) in [6.45, 7) is 0.357. The summed E-state index contributed by atoms with van der Waals surface area (Å²) in [5, 5.41) is 8.53. The average Bonchev–Trinajstić information content (AvgIpc) is 2.87. The molecule has 0 aromatic carbocycles. The molecule has 0 aliphatic carbocycles. The molecule has 1 aliphatic heterocycles. The van der Waals surface area contributed by atoms with Crippen molar-refractivity contribution >= 4 is 0 Å². The van der Waals surface area contributed by atoms with Crippen LogP contribution in [0.5, 0.6) is 0 Å². The van der Waals surface area contributed by atoms with Crippen LogP contribution in [0, 0.1) is 0 Å². The van der Waals surface area contributed by atoms with E-state index in [2.05, 4.69) is 10.9 Å². The lowest BCUT2D eigenvalue weighted by Gasteiger charge is -1.98. The molecular weight excluding hydrogens is 152 g/mol. The van der Waals surface area contributed by atoms with Gasteiger partial charge in [0.15, 0.2) is 0 Å². The van der Waals surface area contributed by atoms with Crippen LogP contribution in [0.25, 0.3) is 0 Å². The molecule has 3 N–H and O–H groups in total. The van der Waals surface area contributed by atoms with Gasteiger partial charge < -0.3 is 5.11 Å². The molecule has 0 unspecified atom stereocenters. The number of aliphatic hydroxyl groups is 1. The summed E-state index contributed by atoms with van der Waals surface area (Å²) in [6, 6.07) is 0. The molecule has 0 amide bonds. The number of hydrazine groups is 1. The molecule has 0 bridgehead atoms. The van der Waals surface area contributed by atoms with E-state index in [1.54, 1.807) is 0 Å². The SMILES string of the molecule is OCCCCCCCCC1NN1. The van der Waals surface area contributed by atoms with E-state index < -0.39 is 0 Å². The Morgan fingerprint density at radius 3 is 2.00 bits per heavy atom. The Labute approximate surface area is 74.5 Å². The van der Waals surface area contributed by atoms with Gasteiger partial charge in [-0.2, -0.15) is 0 Å². The maximum absolute atomic E-state index is 8.53. The first-order valence-corrected chi connectivity index (χ1v) is 5.05. The van der Waals surface area contributed by atoms with Gasteiger partial charge in [-0.15, -0.1) is 0 Å². The van der Waals surface area contributed by atoms with Crippen LogP contribution in [0.3, 0.4) is 0 Å². The predicted octanol–water partition coefficient (Wildman–Crippen LogP) is 1.14. The topological polar surface area (TPSA) is 64.1 Å². The van der Waals surface area contributed by atoms with E-state index in [1.807, 2.05) is 0 Å². The largest absolute Gasteiger partial charge is 0.396 e. The highest BCUT2D eigenvalue weighted by Gasteiger charge is 2.16. The summed E-state index contributed by atoms with van der Waals surface area (Å²) in [5.41, 5.74) is 6.13. The van der Waals surface area contributed by atoms with Crippen molar-refractivity contribution in [3.63, 3.8) is 0 Å². The third kappa shape index (κ3) is 5.52. The van der Waals surface area contributed by atoms with E-state index >= 15 is 0 Å². The average molecular weight is 172 g/mol. The molecule has 72 valence electrons. The van der Waals surface area contributed by atoms with Gasteiger partial charge in [-0.3, -0.25) is 0 Å².